The molecule has 0 radical (unpaired) electrons. The van der Waals surface area contributed by atoms with Gasteiger partial charge in [-0.05, 0) is 36.4 Å². The standard InChI is InChI=1S/C22H21N5OS/c28-21(18-11-15-3-1-2-4-17(15)29-18)27-10-9-26(12-22(13-27)6-7-22)20-16-5-8-23-19(16)24-14-25-20/h1-5,8,11,14H,6-7,9-10,12-13H2,(H,23,24,25). The fraction of sp³-hybridized carbons (Fsp3) is 0.318. The highest BCUT2D eigenvalue weighted by atomic mass is 32.1. The van der Waals surface area contributed by atoms with Crippen molar-refractivity contribution in [1.29, 1.82) is 0 Å². The molecule has 29 heavy (non-hydrogen) atoms. The summed E-state index contributed by atoms with van der Waals surface area (Å²) in [4.78, 5) is 30.7. The molecule has 1 amide bonds. The second kappa shape index (κ2) is 6.29. The number of hydrogen-bond donors (Lipinski definition) is 1. The Hall–Kier alpha value is -2.93. The number of thiophene rings is 1. The van der Waals surface area contributed by atoms with E-state index in [9.17, 15) is 4.79 Å². The fourth-order valence-corrected chi connectivity index (χ4v) is 5.49. The molecular formula is C22H21N5OS. The van der Waals surface area contributed by atoms with Crippen LogP contribution in [0.2, 0.25) is 0 Å². The maximum atomic E-state index is 13.3. The molecule has 1 aliphatic carbocycles. The Kier molecular flexibility index (Phi) is 3.68. The predicted octanol–water partition coefficient (Wildman–Crippen LogP) is 3.92. The van der Waals surface area contributed by atoms with Gasteiger partial charge in [-0.2, -0.15) is 0 Å². The van der Waals surface area contributed by atoms with E-state index >= 15 is 0 Å². The van der Waals surface area contributed by atoms with Crippen molar-refractivity contribution < 1.29 is 4.79 Å². The molecule has 1 aromatic carbocycles. The highest BCUT2D eigenvalue weighted by molar-refractivity contribution is 7.20. The number of carbonyl (C=O) groups excluding carboxylic acids is 1. The summed E-state index contributed by atoms with van der Waals surface area (Å²) in [6, 6.07) is 12.3. The number of aromatic amines is 1. The summed E-state index contributed by atoms with van der Waals surface area (Å²) in [6.07, 6.45) is 5.87. The van der Waals surface area contributed by atoms with Crippen molar-refractivity contribution in [3.8, 4) is 0 Å². The van der Waals surface area contributed by atoms with Crippen molar-refractivity contribution in [2.24, 2.45) is 5.41 Å². The lowest BCUT2D eigenvalue weighted by atomic mass is 10.1. The van der Waals surface area contributed by atoms with Gasteiger partial charge in [-0.3, -0.25) is 4.79 Å². The largest absolute Gasteiger partial charge is 0.354 e. The second-order valence-corrected chi connectivity index (χ2v) is 9.32. The molecule has 0 atom stereocenters. The number of aromatic nitrogens is 3. The van der Waals surface area contributed by atoms with Crippen LogP contribution in [-0.2, 0) is 0 Å². The molecule has 1 saturated carbocycles. The van der Waals surface area contributed by atoms with Crippen LogP contribution in [0.15, 0.2) is 48.9 Å². The molecular weight excluding hydrogens is 382 g/mol. The smallest absolute Gasteiger partial charge is 0.264 e. The van der Waals surface area contributed by atoms with Gasteiger partial charge in [0.15, 0.2) is 0 Å². The molecule has 2 fully saturated rings. The number of benzene rings is 1. The van der Waals surface area contributed by atoms with Crippen LogP contribution >= 0.6 is 11.3 Å². The van der Waals surface area contributed by atoms with Crippen molar-refractivity contribution in [2.75, 3.05) is 31.1 Å². The summed E-state index contributed by atoms with van der Waals surface area (Å²) in [5.41, 5.74) is 1.05. The van der Waals surface area contributed by atoms with Crippen LogP contribution in [0.1, 0.15) is 22.5 Å². The van der Waals surface area contributed by atoms with Gasteiger partial charge in [0, 0.05) is 42.5 Å². The lowest BCUT2D eigenvalue weighted by Crippen LogP contribution is -2.36. The lowest BCUT2D eigenvalue weighted by Gasteiger charge is -2.25. The molecule has 1 aliphatic heterocycles. The van der Waals surface area contributed by atoms with Crippen LogP contribution in [0.5, 0.6) is 0 Å². The van der Waals surface area contributed by atoms with E-state index in [-0.39, 0.29) is 11.3 Å². The van der Waals surface area contributed by atoms with E-state index in [0.717, 1.165) is 46.7 Å². The molecule has 1 saturated heterocycles. The van der Waals surface area contributed by atoms with Crippen LogP contribution in [0, 0.1) is 5.41 Å². The van der Waals surface area contributed by atoms with Crippen molar-refractivity contribution in [2.45, 2.75) is 12.8 Å². The van der Waals surface area contributed by atoms with E-state index in [2.05, 4.69) is 36.9 Å². The van der Waals surface area contributed by atoms with E-state index in [1.54, 1.807) is 17.7 Å². The van der Waals surface area contributed by atoms with E-state index in [1.807, 2.05) is 30.5 Å². The number of nitrogens with zero attached hydrogens (tertiary/aromatic N) is 4. The van der Waals surface area contributed by atoms with Crippen molar-refractivity contribution in [3.63, 3.8) is 0 Å². The maximum Gasteiger partial charge on any atom is 0.264 e. The summed E-state index contributed by atoms with van der Waals surface area (Å²) in [6.45, 7) is 3.28. The molecule has 6 rings (SSSR count). The van der Waals surface area contributed by atoms with Gasteiger partial charge >= 0.3 is 0 Å². The molecule has 1 N–H and O–H groups in total. The molecule has 3 aromatic heterocycles. The van der Waals surface area contributed by atoms with Gasteiger partial charge in [0.05, 0.1) is 10.3 Å². The van der Waals surface area contributed by atoms with Crippen LogP contribution in [0.3, 0.4) is 0 Å². The number of nitrogens with one attached hydrogen (secondary N) is 1. The van der Waals surface area contributed by atoms with Crippen LogP contribution in [0.25, 0.3) is 21.1 Å². The summed E-state index contributed by atoms with van der Waals surface area (Å²) in [5.74, 6) is 1.13. The van der Waals surface area contributed by atoms with Gasteiger partial charge < -0.3 is 14.8 Å². The minimum Gasteiger partial charge on any atom is -0.354 e. The quantitative estimate of drug-likeness (QED) is 0.551. The topological polar surface area (TPSA) is 65.1 Å². The first-order valence-electron chi connectivity index (χ1n) is 10.0. The highest BCUT2D eigenvalue weighted by Crippen LogP contribution is 2.49. The summed E-state index contributed by atoms with van der Waals surface area (Å²) in [5, 5.41) is 2.20. The Labute approximate surface area is 172 Å². The Morgan fingerprint density at radius 3 is 2.86 bits per heavy atom. The van der Waals surface area contributed by atoms with Gasteiger partial charge in [0.2, 0.25) is 0 Å². The monoisotopic (exact) mass is 403 g/mol. The van der Waals surface area contributed by atoms with Crippen molar-refractivity contribution in [3.05, 3.63) is 53.8 Å². The fourth-order valence-electron chi connectivity index (χ4n) is 4.46. The minimum absolute atomic E-state index is 0.161. The Morgan fingerprint density at radius 1 is 1.10 bits per heavy atom. The first kappa shape index (κ1) is 17.0. The highest BCUT2D eigenvalue weighted by Gasteiger charge is 2.48. The number of amides is 1. The van der Waals surface area contributed by atoms with Gasteiger partial charge in [-0.25, -0.2) is 9.97 Å². The van der Waals surface area contributed by atoms with Gasteiger partial charge in [0.25, 0.3) is 5.91 Å². The average Bonchev–Trinajstić information content (AvgIpc) is 3.17. The molecule has 4 heterocycles. The third kappa shape index (κ3) is 2.88. The van der Waals surface area contributed by atoms with E-state index in [4.69, 9.17) is 0 Å². The molecule has 0 unspecified atom stereocenters. The molecule has 1 spiro atoms. The van der Waals surface area contributed by atoms with E-state index in [1.165, 1.54) is 17.5 Å². The third-order valence-electron chi connectivity index (χ3n) is 6.21. The van der Waals surface area contributed by atoms with Gasteiger partial charge in [0.1, 0.15) is 17.8 Å². The van der Waals surface area contributed by atoms with Crippen LogP contribution in [-0.4, -0.2) is 51.9 Å². The lowest BCUT2D eigenvalue weighted by molar-refractivity contribution is 0.0746. The Balaban J connectivity index is 1.30. The predicted molar refractivity (Wildman–Crippen MR) is 115 cm³/mol. The molecule has 2 aliphatic rings. The zero-order valence-electron chi connectivity index (χ0n) is 16.0. The Morgan fingerprint density at radius 2 is 2.00 bits per heavy atom. The number of rotatable bonds is 2. The number of H-pyrrole nitrogens is 1. The molecule has 0 bridgehead atoms. The first-order valence-corrected chi connectivity index (χ1v) is 10.8. The van der Waals surface area contributed by atoms with E-state index in [0.29, 0.717) is 6.54 Å². The van der Waals surface area contributed by atoms with Gasteiger partial charge in [-0.1, -0.05) is 18.2 Å². The summed E-state index contributed by atoms with van der Waals surface area (Å²) >= 11 is 1.60. The van der Waals surface area contributed by atoms with E-state index < -0.39 is 0 Å². The Bertz CT molecular complexity index is 1190. The minimum atomic E-state index is 0.161. The zero-order chi connectivity index (χ0) is 19.4. The van der Waals surface area contributed by atoms with Crippen molar-refractivity contribution in [1.82, 2.24) is 19.9 Å². The maximum absolute atomic E-state index is 13.3. The van der Waals surface area contributed by atoms with Crippen LogP contribution in [0.4, 0.5) is 5.82 Å². The number of fused-ring (bicyclic) bond motifs is 2. The molecule has 4 aromatic rings. The number of hydrogen-bond acceptors (Lipinski definition) is 5. The first-order chi connectivity index (χ1) is 14.2. The average molecular weight is 404 g/mol. The third-order valence-corrected chi connectivity index (χ3v) is 7.31. The molecule has 7 heteroatoms. The number of carbonyl (C=O) groups is 1. The summed E-state index contributed by atoms with van der Waals surface area (Å²) in [7, 11) is 0. The van der Waals surface area contributed by atoms with Gasteiger partial charge in [-0.15, -0.1) is 11.3 Å². The normalized spacial score (nSPS) is 18.5. The van der Waals surface area contributed by atoms with Crippen molar-refractivity contribution >= 4 is 44.2 Å². The van der Waals surface area contributed by atoms with Crippen LogP contribution < -0.4 is 4.90 Å². The second-order valence-electron chi connectivity index (χ2n) is 8.23. The summed E-state index contributed by atoms with van der Waals surface area (Å²) < 4.78 is 1.17. The zero-order valence-corrected chi connectivity index (χ0v) is 16.8. The molecule has 146 valence electrons. The SMILES string of the molecule is O=C(c1cc2ccccc2s1)N1CCN(c2ncnc3[nH]ccc23)CC2(CC2)C1. The molecule has 6 nitrogen and oxygen atoms in total. The number of anilines is 1.